The molecule has 2 N–H and O–H groups in total. The van der Waals surface area contributed by atoms with Crippen molar-refractivity contribution in [2.45, 2.75) is 37.9 Å². The van der Waals surface area contributed by atoms with E-state index in [-0.39, 0.29) is 71.5 Å². The molecule has 11 nitrogen and oxygen atoms in total. The number of benzene rings is 1. The van der Waals surface area contributed by atoms with Gasteiger partial charge in [0.15, 0.2) is 5.75 Å². The molecule has 13 heteroatoms. The molecule has 2 amide bonds. The van der Waals surface area contributed by atoms with Gasteiger partial charge in [0.25, 0.3) is 5.91 Å². The van der Waals surface area contributed by atoms with Gasteiger partial charge in [-0.2, -0.15) is 0 Å². The summed E-state index contributed by atoms with van der Waals surface area (Å²) >= 11 is 6.86. The van der Waals surface area contributed by atoms with Gasteiger partial charge in [0.2, 0.25) is 0 Å². The summed E-state index contributed by atoms with van der Waals surface area (Å²) in [6.45, 7) is 9.06. The number of likely N-dealkylation sites (N-methyl/N-ethyl adjacent to an activating group) is 1. The van der Waals surface area contributed by atoms with Gasteiger partial charge >= 0.3 is 6.09 Å². The van der Waals surface area contributed by atoms with Crippen molar-refractivity contribution in [3.8, 4) is 22.8 Å². The number of hydrogen-bond acceptors (Lipinski definition) is 8. The maximum absolute atomic E-state index is 15.2. The predicted molar refractivity (Wildman–Crippen MR) is 155 cm³/mol. The Morgan fingerprint density at radius 1 is 1.10 bits per heavy atom. The minimum atomic E-state index is -1.06. The van der Waals surface area contributed by atoms with Crippen LogP contribution in [0.5, 0.6) is 11.5 Å². The number of ether oxygens (including phenoxy) is 1. The number of nitrogens with zero attached hydrogens (tertiary/aromatic N) is 6. The van der Waals surface area contributed by atoms with Crippen LogP contribution in [-0.2, 0) is 0 Å². The molecule has 5 heterocycles. The highest BCUT2D eigenvalue weighted by Gasteiger charge is 2.47. The Bertz CT molecular complexity index is 1400. The number of carbonyl (C=O) groups excluding carboxylic acids is 1. The quantitative estimate of drug-likeness (QED) is 0.547. The second-order valence-electron chi connectivity index (χ2n) is 12.2. The molecule has 0 saturated carbocycles. The lowest BCUT2D eigenvalue weighted by Gasteiger charge is -2.39. The van der Waals surface area contributed by atoms with Gasteiger partial charge in [-0.15, -0.1) is 0 Å². The summed E-state index contributed by atoms with van der Waals surface area (Å²) in [6, 6.07) is 3.64. The minimum Gasteiger partial charge on any atom is -0.507 e. The summed E-state index contributed by atoms with van der Waals surface area (Å²) < 4.78 is 21.4. The normalized spacial score (nSPS) is 24.7. The molecule has 2 aromatic rings. The molecule has 1 aromatic carbocycles. The average Bonchev–Trinajstić information content (AvgIpc) is 3.18. The minimum absolute atomic E-state index is 0.00169. The van der Waals surface area contributed by atoms with Gasteiger partial charge in [0.05, 0.1) is 11.6 Å². The molecule has 3 fully saturated rings. The molecule has 2 atom stereocenters. The monoisotopic (exact) mass is 602 g/mol. The average molecular weight is 603 g/mol. The van der Waals surface area contributed by atoms with Crippen molar-refractivity contribution in [1.82, 2.24) is 24.6 Å². The molecule has 0 aliphatic carbocycles. The number of aromatic nitrogens is 1. The van der Waals surface area contributed by atoms with E-state index in [1.165, 1.54) is 23.1 Å². The van der Waals surface area contributed by atoms with Crippen LogP contribution in [0.2, 0.25) is 5.02 Å². The van der Waals surface area contributed by atoms with Gasteiger partial charge in [-0.3, -0.25) is 9.69 Å². The maximum Gasteiger partial charge on any atom is 0.407 e. The van der Waals surface area contributed by atoms with E-state index in [1.54, 1.807) is 4.90 Å². The molecular weight excluding hydrogens is 567 g/mol. The highest BCUT2D eigenvalue weighted by molar-refractivity contribution is 6.35. The lowest BCUT2D eigenvalue weighted by Crippen LogP contribution is -2.57. The van der Waals surface area contributed by atoms with E-state index < -0.39 is 23.5 Å². The van der Waals surface area contributed by atoms with Crippen molar-refractivity contribution in [1.29, 1.82) is 0 Å². The highest BCUT2D eigenvalue weighted by Crippen LogP contribution is 2.48. The Morgan fingerprint density at radius 2 is 1.83 bits per heavy atom. The summed E-state index contributed by atoms with van der Waals surface area (Å²) in [4.78, 5) is 40.6. The first-order valence-electron chi connectivity index (χ1n) is 14.3. The number of phenols is 1. The van der Waals surface area contributed by atoms with Gasteiger partial charge < -0.3 is 34.5 Å². The molecule has 1 aromatic heterocycles. The molecule has 4 aliphatic rings. The Kier molecular flexibility index (Phi) is 7.35. The van der Waals surface area contributed by atoms with Crippen LogP contribution in [0.1, 0.15) is 30.6 Å². The number of hydrogen-bond donors (Lipinski definition) is 2. The van der Waals surface area contributed by atoms with Crippen LogP contribution in [0, 0.1) is 5.82 Å². The number of pyridine rings is 1. The molecule has 1 unspecified atom stereocenters. The van der Waals surface area contributed by atoms with Crippen LogP contribution in [-0.4, -0.2) is 130 Å². The highest BCUT2D eigenvalue weighted by atomic mass is 35.5. The first-order valence-corrected chi connectivity index (χ1v) is 14.7. The number of aromatic hydroxyl groups is 1. The molecule has 0 radical (unpaired) electrons. The SMILES string of the molecule is CN1CCN(C2CN(c3nc(-c4c(O)cccc4F)c(Cl)c4c3C(=O)N3CCN(C(=O)O)C[C@@H]3CO4)C(C)(C)C2)CC1. The topological polar surface area (TPSA) is 113 Å². The third-order valence-corrected chi connectivity index (χ3v) is 9.47. The molecule has 0 bridgehead atoms. The summed E-state index contributed by atoms with van der Waals surface area (Å²) in [5, 5.41) is 20.2. The fraction of sp³-hybridized carbons (Fsp3) is 0.552. The van der Waals surface area contributed by atoms with Crippen LogP contribution < -0.4 is 9.64 Å². The van der Waals surface area contributed by atoms with Crippen molar-refractivity contribution in [2.75, 3.05) is 70.9 Å². The molecule has 226 valence electrons. The second-order valence-corrected chi connectivity index (χ2v) is 12.6. The van der Waals surface area contributed by atoms with Gasteiger partial charge in [0.1, 0.15) is 40.3 Å². The van der Waals surface area contributed by atoms with E-state index in [0.29, 0.717) is 12.4 Å². The van der Waals surface area contributed by atoms with Crippen LogP contribution in [0.4, 0.5) is 15.0 Å². The molecule has 6 rings (SSSR count). The largest absolute Gasteiger partial charge is 0.507 e. The third kappa shape index (κ3) is 4.88. The van der Waals surface area contributed by atoms with E-state index in [9.17, 15) is 19.8 Å². The van der Waals surface area contributed by atoms with Crippen LogP contribution in [0.3, 0.4) is 0 Å². The summed E-state index contributed by atoms with van der Waals surface area (Å²) in [5.41, 5.74) is -0.433. The zero-order valence-electron chi connectivity index (χ0n) is 24.0. The smallest absolute Gasteiger partial charge is 0.407 e. The number of rotatable bonds is 3. The van der Waals surface area contributed by atoms with Gasteiger partial charge in [-0.1, -0.05) is 17.7 Å². The lowest BCUT2D eigenvalue weighted by molar-refractivity contribution is 0.0390. The number of piperazine rings is 2. The predicted octanol–water partition coefficient (Wildman–Crippen LogP) is 3.05. The molecule has 0 spiro atoms. The number of halogens is 2. The molecular formula is C29H36ClFN6O5. The van der Waals surface area contributed by atoms with Gasteiger partial charge in [-0.05, 0) is 39.4 Å². The second kappa shape index (κ2) is 10.7. The summed E-state index contributed by atoms with van der Waals surface area (Å²) in [5.74, 6) is -1.01. The van der Waals surface area contributed by atoms with Crippen molar-refractivity contribution in [3.05, 3.63) is 34.6 Å². The molecule has 42 heavy (non-hydrogen) atoms. The number of fused-ring (bicyclic) bond motifs is 2. The summed E-state index contributed by atoms with van der Waals surface area (Å²) in [7, 11) is 2.12. The third-order valence-electron chi connectivity index (χ3n) is 9.12. The summed E-state index contributed by atoms with van der Waals surface area (Å²) in [6.07, 6.45) is -0.235. The molecule has 3 saturated heterocycles. The maximum atomic E-state index is 15.2. The van der Waals surface area contributed by atoms with E-state index >= 15 is 4.39 Å². The Balaban J connectivity index is 1.48. The fourth-order valence-corrected chi connectivity index (χ4v) is 7.03. The van der Waals surface area contributed by atoms with Crippen LogP contribution >= 0.6 is 11.6 Å². The number of carbonyl (C=O) groups is 2. The van der Waals surface area contributed by atoms with Crippen molar-refractivity contribution in [2.24, 2.45) is 0 Å². The number of anilines is 1. The lowest BCUT2D eigenvalue weighted by atomic mass is 9.98. The van der Waals surface area contributed by atoms with E-state index in [2.05, 4.69) is 35.6 Å². The van der Waals surface area contributed by atoms with E-state index in [0.717, 1.165) is 32.6 Å². The Labute approximate surface area is 249 Å². The number of phenolic OH excluding ortho intramolecular Hbond substituents is 1. The van der Waals surface area contributed by atoms with Gasteiger partial charge in [-0.25, -0.2) is 14.2 Å². The number of amides is 2. The van der Waals surface area contributed by atoms with Gasteiger partial charge in [0, 0.05) is 63.9 Å². The zero-order valence-corrected chi connectivity index (χ0v) is 24.8. The van der Waals surface area contributed by atoms with E-state index in [4.69, 9.17) is 21.3 Å². The fourth-order valence-electron chi connectivity index (χ4n) is 6.74. The van der Waals surface area contributed by atoms with Crippen LogP contribution in [0.15, 0.2) is 18.2 Å². The number of carboxylic acid groups (broad SMARTS) is 1. The first kappa shape index (κ1) is 28.8. The van der Waals surface area contributed by atoms with Crippen molar-refractivity contribution >= 4 is 29.4 Å². The zero-order chi connectivity index (χ0) is 29.9. The Morgan fingerprint density at radius 3 is 2.52 bits per heavy atom. The molecule has 4 aliphatic heterocycles. The Hall–Kier alpha value is -3.35. The van der Waals surface area contributed by atoms with Crippen molar-refractivity contribution < 1.29 is 28.9 Å². The standard InChI is InChI=1S/C29H36ClFN6O5/c1-29(2)13-17(34-9-7-33(3)8-10-34)15-37(29)26-22-25(23(30)24(32-26)21-19(31)5-4-6-20(21)38)42-16-18-14-35(28(40)41)11-12-36(18)27(22)39/h4-6,17-18,38H,7-16H2,1-3H3,(H,40,41)/t17?,18-/m1/s1. The first-order chi connectivity index (χ1) is 20.0. The van der Waals surface area contributed by atoms with Crippen LogP contribution in [0.25, 0.3) is 11.3 Å². The van der Waals surface area contributed by atoms with E-state index in [1.807, 2.05) is 0 Å². The van der Waals surface area contributed by atoms with Crippen molar-refractivity contribution in [3.63, 3.8) is 0 Å².